The molecule has 1 heterocycles. The lowest BCUT2D eigenvalue weighted by atomic mass is 10.0. The molecule has 0 aromatic heterocycles. The van der Waals surface area contributed by atoms with Crippen LogP contribution < -0.4 is 10.2 Å². The van der Waals surface area contributed by atoms with Crippen molar-refractivity contribution in [1.29, 1.82) is 0 Å². The number of anilines is 3. The first kappa shape index (κ1) is 19.9. The number of nitrogens with one attached hydrogen (secondary N) is 1. The Hall–Kier alpha value is -2.82. The first-order valence-corrected chi connectivity index (χ1v) is 9.90. The monoisotopic (exact) mass is 379 g/mol. The second-order valence-corrected chi connectivity index (χ2v) is 7.85. The average Bonchev–Trinajstić information content (AvgIpc) is 2.77. The molecule has 2 aromatic carbocycles. The van der Waals surface area contributed by atoms with Crippen LogP contribution in [-0.4, -0.2) is 28.9 Å². The van der Waals surface area contributed by atoms with Gasteiger partial charge in [-0.25, -0.2) is 4.79 Å². The normalized spacial score (nSPS) is 13.0. The molecule has 0 fully saturated rings. The molecule has 3 amide bonds. The van der Waals surface area contributed by atoms with Gasteiger partial charge in [0.15, 0.2) is 0 Å². The number of nitrogens with zero attached hydrogens (tertiary/aromatic N) is 2. The van der Waals surface area contributed by atoms with Crippen LogP contribution in [-0.2, 0) is 17.6 Å². The Balaban J connectivity index is 1.98. The lowest BCUT2D eigenvalue weighted by molar-refractivity contribution is -0.115. The summed E-state index contributed by atoms with van der Waals surface area (Å²) in [7, 11) is 0. The van der Waals surface area contributed by atoms with Crippen molar-refractivity contribution in [2.75, 3.05) is 10.2 Å². The molecule has 5 nitrogen and oxygen atoms in total. The van der Waals surface area contributed by atoms with E-state index in [0.29, 0.717) is 5.69 Å². The fourth-order valence-electron chi connectivity index (χ4n) is 3.99. The zero-order valence-electron chi connectivity index (χ0n) is 17.3. The van der Waals surface area contributed by atoms with Gasteiger partial charge in [0.2, 0.25) is 5.91 Å². The predicted octanol–water partition coefficient (Wildman–Crippen LogP) is 5.12. The van der Waals surface area contributed by atoms with E-state index >= 15 is 0 Å². The summed E-state index contributed by atoms with van der Waals surface area (Å²) in [6, 6.07) is 13.9. The van der Waals surface area contributed by atoms with Crippen molar-refractivity contribution >= 4 is 29.0 Å². The third kappa shape index (κ3) is 3.88. The van der Waals surface area contributed by atoms with Gasteiger partial charge in [-0.1, -0.05) is 24.3 Å². The van der Waals surface area contributed by atoms with Gasteiger partial charge in [-0.15, -0.1) is 0 Å². The number of aryl methyl sites for hydroxylation is 2. The second-order valence-electron chi connectivity index (χ2n) is 7.85. The van der Waals surface area contributed by atoms with Crippen molar-refractivity contribution in [3.8, 4) is 0 Å². The molecule has 0 aliphatic carbocycles. The van der Waals surface area contributed by atoms with Crippen LogP contribution >= 0.6 is 0 Å². The summed E-state index contributed by atoms with van der Waals surface area (Å²) in [6.07, 6.45) is 1.74. The molecule has 1 N–H and O–H groups in total. The molecule has 28 heavy (non-hydrogen) atoms. The average molecular weight is 380 g/mol. The summed E-state index contributed by atoms with van der Waals surface area (Å²) in [5, 5.41) is 3.01. The third-order valence-corrected chi connectivity index (χ3v) is 5.14. The lowest BCUT2D eigenvalue weighted by Gasteiger charge is -2.31. The number of para-hydroxylation sites is 1. The molecule has 1 aliphatic rings. The van der Waals surface area contributed by atoms with Crippen LogP contribution in [0.4, 0.5) is 21.9 Å². The van der Waals surface area contributed by atoms with Gasteiger partial charge in [-0.05, 0) is 69.9 Å². The van der Waals surface area contributed by atoms with Gasteiger partial charge in [-0.3, -0.25) is 9.69 Å². The van der Waals surface area contributed by atoms with Crippen LogP contribution in [0.2, 0.25) is 0 Å². The van der Waals surface area contributed by atoms with Crippen LogP contribution in [0.25, 0.3) is 0 Å². The zero-order valence-corrected chi connectivity index (χ0v) is 17.3. The highest BCUT2D eigenvalue weighted by molar-refractivity contribution is 6.02. The number of benzene rings is 2. The van der Waals surface area contributed by atoms with Crippen molar-refractivity contribution < 1.29 is 9.59 Å². The standard InChI is InChI=1S/C23H29N3O2/c1-15(2)25(16(3)4)23(28)24-20-13-12-19-11-10-18-8-6-7-9-21(18)26(17(5)27)22(19)14-20/h6-9,12-16H,10-11H2,1-5H3,(H,24,28). The van der Waals surface area contributed by atoms with Crippen molar-refractivity contribution in [3.05, 3.63) is 53.6 Å². The fraction of sp³-hybridized carbons (Fsp3) is 0.391. The van der Waals surface area contributed by atoms with Crippen LogP contribution in [0.5, 0.6) is 0 Å². The maximum absolute atomic E-state index is 12.8. The lowest BCUT2D eigenvalue weighted by Crippen LogP contribution is -2.44. The minimum Gasteiger partial charge on any atom is -0.320 e. The first-order chi connectivity index (χ1) is 13.3. The first-order valence-electron chi connectivity index (χ1n) is 9.90. The van der Waals surface area contributed by atoms with Gasteiger partial charge in [0.1, 0.15) is 0 Å². The van der Waals surface area contributed by atoms with E-state index in [9.17, 15) is 9.59 Å². The van der Waals surface area contributed by atoms with Gasteiger partial charge in [0.25, 0.3) is 0 Å². The molecular formula is C23H29N3O2. The van der Waals surface area contributed by atoms with Gasteiger partial charge in [-0.2, -0.15) is 0 Å². The molecule has 2 aromatic rings. The smallest absolute Gasteiger partial charge is 0.320 e. The van der Waals surface area contributed by atoms with Gasteiger partial charge in [0, 0.05) is 24.7 Å². The molecule has 3 rings (SSSR count). The number of rotatable bonds is 3. The number of hydrogen-bond acceptors (Lipinski definition) is 2. The fourth-order valence-corrected chi connectivity index (χ4v) is 3.99. The molecule has 5 heteroatoms. The summed E-state index contributed by atoms with van der Waals surface area (Å²) in [5.41, 5.74) is 4.72. The number of carbonyl (C=O) groups is 2. The Kier molecular flexibility index (Phi) is 5.73. The summed E-state index contributed by atoms with van der Waals surface area (Å²) in [5.74, 6) is -0.0370. The Bertz CT molecular complexity index is 881. The molecule has 0 bridgehead atoms. The van der Waals surface area contributed by atoms with Gasteiger partial charge in [0.05, 0.1) is 11.4 Å². The Morgan fingerprint density at radius 3 is 2.14 bits per heavy atom. The molecule has 0 unspecified atom stereocenters. The minimum absolute atomic E-state index is 0.0370. The van der Waals surface area contributed by atoms with E-state index in [4.69, 9.17) is 0 Å². The summed E-state index contributed by atoms with van der Waals surface area (Å²) >= 11 is 0. The van der Waals surface area contributed by atoms with E-state index in [1.807, 2.05) is 69.0 Å². The van der Waals surface area contributed by atoms with Gasteiger partial charge >= 0.3 is 6.03 Å². The Morgan fingerprint density at radius 2 is 1.54 bits per heavy atom. The number of carbonyl (C=O) groups excluding carboxylic acids is 2. The SMILES string of the molecule is CC(=O)N1c2ccccc2CCc2ccc(NC(=O)N(C(C)C)C(C)C)cc21. The van der Waals surface area contributed by atoms with Crippen LogP contribution in [0.15, 0.2) is 42.5 Å². The van der Waals surface area contributed by atoms with Crippen molar-refractivity contribution in [1.82, 2.24) is 4.90 Å². The van der Waals surface area contributed by atoms with E-state index in [1.54, 1.807) is 11.8 Å². The number of amides is 3. The quantitative estimate of drug-likeness (QED) is 0.805. The van der Waals surface area contributed by atoms with Crippen LogP contribution in [0.3, 0.4) is 0 Å². The van der Waals surface area contributed by atoms with E-state index in [0.717, 1.165) is 35.3 Å². The highest BCUT2D eigenvalue weighted by Crippen LogP contribution is 2.37. The van der Waals surface area contributed by atoms with Crippen molar-refractivity contribution in [2.45, 2.75) is 59.5 Å². The Labute approximate surface area is 167 Å². The molecule has 0 spiro atoms. The van der Waals surface area contributed by atoms with Crippen LogP contribution in [0.1, 0.15) is 45.7 Å². The number of hydrogen-bond donors (Lipinski definition) is 1. The van der Waals surface area contributed by atoms with E-state index in [-0.39, 0.29) is 24.0 Å². The van der Waals surface area contributed by atoms with Crippen molar-refractivity contribution in [3.63, 3.8) is 0 Å². The minimum atomic E-state index is -0.131. The number of fused-ring (bicyclic) bond motifs is 2. The maximum Gasteiger partial charge on any atom is 0.322 e. The van der Waals surface area contributed by atoms with E-state index < -0.39 is 0 Å². The van der Waals surface area contributed by atoms with Crippen molar-refractivity contribution in [2.24, 2.45) is 0 Å². The summed E-state index contributed by atoms with van der Waals surface area (Å²) in [6.45, 7) is 9.60. The molecule has 0 saturated heterocycles. The summed E-state index contributed by atoms with van der Waals surface area (Å²) < 4.78 is 0. The zero-order chi connectivity index (χ0) is 20.4. The Morgan fingerprint density at radius 1 is 0.929 bits per heavy atom. The number of urea groups is 1. The molecule has 148 valence electrons. The van der Waals surface area contributed by atoms with Gasteiger partial charge < -0.3 is 10.2 Å². The molecule has 0 saturated carbocycles. The predicted molar refractivity (Wildman–Crippen MR) is 114 cm³/mol. The topological polar surface area (TPSA) is 52.7 Å². The van der Waals surface area contributed by atoms with E-state index in [2.05, 4.69) is 11.4 Å². The molecular weight excluding hydrogens is 350 g/mol. The largest absolute Gasteiger partial charge is 0.322 e. The molecule has 1 aliphatic heterocycles. The molecule has 0 radical (unpaired) electrons. The highest BCUT2D eigenvalue weighted by Gasteiger charge is 2.25. The van der Waals surface area contributed by atoms with E-state index in [1.165, 1.54) is 0 Å². The summed E-state index contributed by atoms with van der Waals surface area (Å²) in [4.78, 5) is 28.9. The third-order valence-electron chi connectivity index (χ3n) is 5.14. The van der Waals surface area contributed by atoms with Crippen LogP contribution in [0, 0.1) is 0 Å². The molecule has 0 atom stereocenters. The second kappa shape index (κ2) is 8.05. The highest BCUT2D eigenvalue weighted by atomic mass is 16.2. The maximum atomic E-state index is 12.8.